The number of hydrogen-bond donors (Lipinski definition) is 6. The molecule has 0 unspecified atom stereocenters. The third-order valence-corrected chi connectivity index (χ3v) is 30.6. The summed E-state index contributed by atoms with van der Waals surface area (Å²) < 4.78 is 141. The molecule has 15 rings (SSSR count). The van der Waals surface area contributed by atoms with Gasteiger partial charge in [-0.15, -0.1) is 0 Å². The van der Waals surface area contributed by atoms with Gasteiger partial charge in [0, 0.05) is 174 Å². The maximum Gasteiger partial charge on any atom is 0.474 e. The van der Waals surface area contributed by atoms with Crippen molar-refractivity contribution in [2.75, 3.05) is 132 Å². The Morgan fingerprint density at radius 3 is 1.01 bits per heavy atom. The number of piperidine rings is 3. The van der Waals surface area contributed by atoms with Gasteiger partial charge in [0.1, 0.15) is 76.4 Å². The lowest BCUT2D eigenvalue weighted by atomic mass is 9.85. The van der Waals surface area contributed by atoms with E-state index in [2.05, 4.69) is 36.2 Å². The van der Waals surface area contributed by atoms with Crippen molar-refractivity contribution in [1.82, 2.24) is 63.6 Å². The third-order valence-electron chi connectivity index (χ3n) is 25.5. The number of benzene rings is 3. The first-order valence-electron chi connectivity index (χ1n) is 46.4. The molecule has 3 amide bonds. The zero-order valence-corrected chi connectivity index (χ0v) is 82.1. The molecule has 0 radical (unpaired) electrons. The van der Waals surface area contributed by atoms with Crippen molar-refractivity contribution in [3.63, 3.8) is 0 Å². The molecule has 9 heterocycles. The van der Waals surface area contributed by atoms with Gasteiger partial charge in [-0.05, 0) is 208 Å². The minimum atomic E-state index is -4.52. The number of phosphoric ester groups is 2. The second-order valence-corrected chi connectivity index (χ2v) is 45.8. The van der Waals surface area contributed by atoms with Crippen LogP contribution in [0.25, 0.3) is 50.2 Å². The van der Waals surface area contributed by atoms with Gasteiger partial charge in [-0.2, -0.15) is 15.0 Å². The summed E-state index contributed by atoms with van der Waals surface area (Å²) in [6.07, 6.45) is 27.9. The van der Waals surface area contributed by atoms with E-state index < -0.39 is 51.3 Å². The van der Waals surface area contributed by atoms with Crippen molar-refractivity contribution >= 4 is 119 Å². The van der Waals surface area contributed by atoms with Crippen LogP contribution in [-0.4, -0.2) is 276 Å². The quantitative estimate of drug-likeness (QED) is 0.0120. The normalized spacial score (nSPS) is 20.0. The Balaban J connectivity index is 0.000000172. The van der Waals surface area contributed by atoms with Crippen LogP contribution in [-0.2, 0) is 80.7 Å². The highest BCUT2D eigenvalue weighted by Crippen LogP contribution is 2.50. The van der Waals surface area contributed by atoms with E-state index in [1.807, 2.05) is 147 Å². The highest BCUT2D eigenvalue weighted by Gasteiger charge is 2.39. The number of hydrogen-bond acceptors (Lipinski definition) is 30. The number of nitrogens with zero attached hydrogens (tertiary/aromatic N) is 12. The topological polar surface area (TPSA) is 469 Å². The fourth-order valence-corrected chi connectivity index (χ4v) is 21.8. The zero-order valence-electron chi connectivity index (χ0n) is 77.9. The van der Waals surface area contributed by atoms with E-state index in [1.165, 1.54) is 33.0 Å². The fourth-order valence-electron chi connectivity index (χ4n) is 18.4. The number of phosphoric acid groups is 2. The third kappa shape index (κ3) is 29.4. The molecule has 3 aliphatic carbocycles. The van der Waals surface area contributed by atoms with Gasteiger partial charge in [-0.25, -0.2) is 49.3 Å². The number of amides is 3. The van der Waals surface area contributed by atoms with Crippen molar-refractivity contribution in [1.29, 1.82) is 0 Å². The minimum Gasteiger partial charge on any atom is -0.493 e. The molecule has 6 fully saturated rings. The number of sulfone groups is 3. The van der Waals surface area contributed by atoms with Crippen LogP contribution in [0.4, 0.5) is 17.8 Å². The molecule has 9 aromatic rings. The van der Waals surface area contributed by atoms with E-state index in [0.717, 1.165) is 116 Å². The number of fused-ring (bicyclic) bond motifs is 3. The second-order valence-electron chi connectivity index (χ2n) is 35.9. The van der Waals surface area contributed by atoms with Gasteiger partial charge in [-0.3, -0.25) is 37.3 Å². The van der Waals surface area contributed by atoms with Crippen LogP contribution < -0.4 is 35.5 Å². The smallest absolute Gasteiger partial charge is 0.474 e. The lowest BCUT2D eigenvalue weighted by Gasteiger charge is -2.36. The van der Waals surface area contributed by atoms with Crippen LogP contribution in [0.3, 0.4) is 0 Å². The summed E-state index contributed by atoms with van der Waals surface area (Å²) >= 11 is 0. The number of anilines is 3. The molecular formula is C92H128N16O22P2S3. The van der Waals surface area contributed by atoms with Gasteiger partial charge in [0.05, 0.1) is 65.8 Å². The van der Waals surface area contributed by atoms with Crippen LogP contribution in [0.5, 0.6) is 17.2 Å². The standard InChI is InChI=1S/C34H48N6O6S.C30H42N5O8PS.C28H38N5O8PS/c1-23(2)31(35-3)33(42)46-26-14-18-39(19-15-26)32(41)24-9-11-25(12-10-24)37-34-36-17-13-30(38-34)40-20-16-27-28(40)7-5-8-29(27)45-21-6-22-47(4,43)44;1-40-44(37,41-2)43-24-13-17-34(18-14-24)29(36)22-8-10-23(11-9-22)32-30-31-16-12-28(33-30)35-19-15-25-26(35)6-4-7-27(25)42-20-5-21-45(3,38)39;1-43(38,39)19-3-18-40-25-5-2-4-24-23(25)13-17-33(24)26-10-14-29-28(31-26)30-21-8-6-20(7-9-21)27(34)32-15-11-22(12-16-32)41-42(35,36)37/h5,7-8,13,16-17,20,23-26,31,35H,6,9-12,14-15,18-19,21-22H2,1-4H3,(H,36,37,38);4,6-7,12,15-16,19,22-24H,5,8-11,13-14,17-18,20-21H2,1-3H3,(H,31,32,33);2,4-5,10,13-14,17,20-22H,3,6-9,11-12,15-16,18-19H2,1H3,(H,29,30,31)(H2,35,36,37)/t24?,25?,31-;;/m0../s1. The van der Waals surface area contributed by atoms with E-state index >= 15 is 0 Å². The van der Waals surface area contributed by atoms with Gasteiger partial charge in [0.15, 0.2) is 0 Å². The molecule has 3 aromatic carbocycles. The Morgan fingerprint density at radius 1 is 0.430 bits per heavy atom. The fraction of sp³-hybridized carbons (Fsp3) is 0.565. The van der Waals surface area contributed by atoms with E-state index in [9.17, 15) is 53.6 Å². The molecule has 3 saturated heterocycles. The number of aromatic nitrogens is 9. The van der Waals surface area contributed by atoms with E-state index in [1.54, 1.807) is 30.5 Å². The molecule has 6 N–H and O–H groups in total. The lowest BCUT2D eigenvalue weighted by molar-refractivity contribution is -0.156. The highest BCUT2D eigenvalue weighted by atomic mass is 32.2. The van der Waals surface area contributed by atoms with Crippen LogP contribution in [0, 0.1) is 23.7 Å². The first-order valence-corrected chi connectivity index (χ1v) is 55.6. The summed E-state index contributed by atoms with van der Waals surface area (Å²) in [6.45, 7) is 8.14. The molecule has 0 spiro atoms. The molecule has 135 heavy (non-hydrogen) atoms. The first kappa shape index (κ1) is 103. The van der Waals surface area contributed by atoms with Gasteiger partial charge in [0.25, 0.3) is 0 Å². The Kier molecular flexibility index (Phi) is 35.8. The number of carbonyl (C=O) groups excluding carboxylic acids is 4. The van der Waals surface area contributed by atoms with Gasteiger partial charge < -0.3 is 78.4 Å². The zero-order chi connectivity index (χ0) is 96.2. The predicted octanol–water partition coefficient (Wildman–Crippen LogP) is 11.9. The molecule has 6 aromatic heterocycles. The largest absolute Gasteiger partial charge is 0.493 e. The van der Waals surface area contributed by atoms with Gasteiger partial charge in [0.2, 0.25) is 35.6 Å². The van der Waals surface area contributed by atoms with Gasteiger partial charge >= 0.3 is 21.6 Å². The van der Waals surface area contributed by atoms with Crippen LogP contribution in [0.2, 0.25) is 0 Å². The molecule has 736 valence electrons. The molecule has 0 bridgehead atoms. The minimum absolute atomic E-state index is 0.00282. The molecule has 3 saturated carbocycles. The molecule has 3 aliphatic heterocycles. The molecule has 38 nitrogen and oxygen atoms in total. The number of likely N-dealkylation sites (tertiary alicyclic amines) is 3. The Labute approximate surface area is 788 Å². The molecule has 6 aliphatic rings. The monoisotopic (exact) mass is 1970 g/mol. The van der Waals surface area contributed by atoms with E-state index in [4.69, 9.17) is 61.8 Å². The number of nitrogens with one attached hydrogen (secondary N) is 4. The maximum absolute atomic E-state index is 13.3. The van der Waals surface area contributed by atoms with Crippen molar-refractivity contribution in [2.24, 2.45) is 23.7 Å². The second kappa shape index (κ2) is 47.1. The lowest BCUT2D eigenvalue weighted by Crippen LogP contribution is -2.47. The average Bonchev–Trinajstić information content (AvgIpc) is 1.66. The Morgan fingerprint density at radius 2 is 0.733 bits per heavy atom. The summed E-state index contributed by atoms with van der Waals surface area (Å²) in [5, 5.41) is 16.1. The number of carbonyl (C=O) groups is 4. The van der Waals surface area contributed by atoms with Crippen LogP contribution in [0.1, 0.15) is 149 Å². The van der Waals surface area contributed by atoms with E-state index in [0.29, 0.717) is 164 Å². The van der Waals surface area contributed by atoms with Crippen molar-refractivity contribution in [3.05, 3.63) is 128 Å². The molecule has 43 heteroatoms. The van der Waals surface area contributed by atoms with Crippen LogP contribution in [0.15, 0.2) is 128 Å². The number of likely N-dealkylation sites (N-methyl/N-ethyl adjacent to an activating group) is 1. The maximum atomic E-state index is 13.3. The van der Waals surface area contributed by atoms with Crippen molar-refractivity contribution < 1.29 is 100 Å². The average molecular weight is 1970 g/mol. The summed E-state index contributed by atoms with van der Waals surface area (Å²) in [6, 6.07) is 28.8. The van der Waals surface area contributed by atoms with Crippen molar-refractivity contribution in [2.45, 2.75) is 191 Å². The molecular weight excluding hydrogens is 1840 g/mol. The number of rotatable bonds is 37. The van der Waals surface area contributed by atoms with Crippen LogP contribution >= 0.6 is 15.6 Å². The van der Waals surface area contributed by atoms with E-state index in [-0.39, 0.29) is 101 Å². The van der Waals surface area contributed by atoms with Gasteiger partial charge in [-0.1, -0.05) is 32.0 Å². The Bertz CT molecular complexity index is 5950. The highest BCUT2D eigenvalue weighted by molar-refractivity contribution is 7.91. The first-order chi connectivity index (χ1) is 64.5. The summed E-state index contributed by atoms with van der Waals surface area (Å²) in [5.41, 5.74) is 2.75. The summed E-state index contributed by atoms with van der Waals surface area (Å²) in [5.74, 6) is 6.36. The predicted molar refractivity (Wildman–Crippen MR) is 513 cm³/mol. The number of ether oxygens (including phenoxy) is 4. The van der Waals surface area contributed by atoms with Crippen molar-refractivity contribution in [3.8, 4) is 34.7 Å². The molecule has 1 atom stereocenters. The Hall–Kier alpha value is -9.77. The summed E-state index contributed by atoms with van der Waals surface area (Å²) in [4.78, 5) is 103. The number of esters is 1. The SMILES string of the molecule is CN[C@H](C(=O)OC1CCN(C(=O)C2CCC(Nc3nccc(-n4ccc5c(OCCCS(C)(=O)=O)cccc54)n3)CC2)CC1)C(C)C.COP(=O)(OC)OC1CCN(C(=O)C2CCC(Nc3nccc(-n4ccc5c(OCCCS(C)(=O)=O)cccc54)n3)CC2)CC1.CS(=O)(=O)CCCOc1cccc2c1ccn2-c1ccnc(NC2CCC(C(=O)N3CCC(OP(=O)(O)O)CC3)CC2)n1. The summed E-state index contributed by atoms with van der Waals surface area (Å²) in [7, 11) is -12.8.